The summed E-state index contributed by atoms with van der Waals surface area (Å²) in [4.78, 5) is 13.9. The monoisotopic (exact) mass is 225 g/mol. The number of rotatable bonds is 1. The van der Waals surface area contributed by atoms with E-state index in [0.29, 0.717) is 24.0 Å². The van der Waals surface area contributed by atoms with Crippen molar-refractivity contribution in [1.29, 1.82) is 0 Å². The van der Waals surface area contributed by atoms with Crippen molar-refractivity contribution in [3.63, 3.8) is 0 Å². The summed E-state index contributed by atoms with van der Waals surface area (Å²) in [6.07, 6.45) is 1.42. The van der Waals surface area contributed by atoms with Crippen molar-refractivity contribution in [2.24, 2.45) is 11.8 Å². The summed E-state index contributed by atoms with van der Waals surface area (Å²) >= 11 is 0. The summed E-state index contributed by atoms with van der Waals surface area (Å²) in [5.74, 6) is 1.25. The van der Waals surface area contributed by atoms with Crippen molar-refractivity contribution in [2.75, 3.05) is 13.2 Å². The van der Waals surface area contributed by atoms with Gasteiger partial charge in [-0.2, -0.15) is 0 Å². The maximum atomic E-state index is 11.9. The van der Waals surface area contributed by atoms with Crippen molar-refractivity contribution in [2.45, 2.75) is 44.9 Å². The Hall–Kier alpha value is -0.770. The van der Waals surface area contributed by atoms with Crippen molar-refractivity contribution < 1.29 is 14.3 Å². The van der Waals surface area contributed by atoms with Crippen molar-refractivity contribution in [3.05, 3.63) is 0 Å². The number of carbonyl (C=O) groups is 1. The second-order valence-electron chi connectivity index (χ2n) is 6.14. The van der Waals surface area contributed by atoms with E-state index in [0.717, 1.165) is 19.6 Å². The normalized spacial score (nSPS) is 40.6. The molecule has 0 spiro atoms. The highest BCUT2D eigenvalue weighted by molar-refractivity contribution is 5.69. The molecule has 4 heteroatoms. The molecule has 0 aromatic carbocycles. The van der Waals surface area contributed by atoms with E-state index in [9.17, 15) is 4.79 Å². The molecular formula is C12H19NO3. The highest BCUT2D eigenvalue weighted by Gasteiger charge is 2.59. The van der Waals surface area contributed by atoms with Crippen LogP contribution in [0.5, 0.6) is 0 Å². The minimum Gasteiger partial charge on any atom is -0.444 e. The van der Waals surface area contributed by atoms with Gasteiger partial charge in [0.2, 0.25) is 0 Å². The molecule has 1 unspecified atom stereocenters. The molecule has 4 nitrogen and oxygen atoms in total. The Balaban J connectivity index is 1.63. The van der Waals surface area contributed by atoms with Gasteiger partial charge in [-0.05, 0) is 33.1 Å². The molecule has 1 amide bonds. The van der Waals surface area contributed by atoms with Crippen LogP contribution in [0, 0.1) is 11.8 Å². The number of nitrogens with zero attached hydrogens (tertiary/aromatic N) is 1. The average Bonchev–Trinajstić information content (AvgIpc) is 2.73. The van der Waals surface area contributed by atoms with Gasteiger partial charge in [0.15, 0.2) is 0 Å². The van der Waals surface area contributed by atoms with E-state index < -0.39 is 5.60 Å². The largest absolute Gasteiger partial charge is 0.444 e. The molecule has 4 atom stereocenters. The van der Waals surface area contributed by atoms with Crippen LogP contribution in [-0.2, 0) is 9.47 Å². The van der Waals surface area contributed by atoms with Gasteiger partial charge in [-0.15, -0.1) is 0 Å². The predicted octanol–water partition coefficient (Wildman–Crippen LogP) is 1.64. The van der Waals surface area contributed by atoms with E-state index in [1.165, 1.54) is 0 Å². The van der Waals surface area contributed by atoms with Gasteiger partial charge in [0.1, 0.15) is 5.60 Å². The first-order chi connectivity index (χ1) is 7.46. The third-order valence-corrected chi connectivity index (χ3v) is 3.78. The van der Waals surface area contributed by atoms with Crippen LogP contribution < -0.4 is 0 Å². The highest BCUT2D eigenvalue weighted by Crippen LogP contribution is 2.51. The molecule has 0 radical (unpaired) electrons. The van der Waals surface area contributed by atoms with Crippen LogP contribution in [-0.4, -0.2) is 41.9 Å². The number of hydrogen-bond acceptors (Lipinski definition) is 3. The van der Waals surface area contributed by atoms with Crippen LogP contribution in [0.25, 0.3) is 0 Å². The molecule has 2 bridgehead atoms. The van der Waals surface area contributed by atoms with Crippen molar-refractivity contribution in [3.8, 4) is 0 Å². The molecule has 0 aromatic heterocycles. The summed E-state index contributed by atoms with van der Waals surface area (Å²) in [6.45, 7) is 7.48. The Morgan fingerprint density at radius 1 is 1.44 bits per heavy atom. The Kier molecular flexibility index (Phi) is 2.03. The van der Waals surface area contributed by atoms with Crippen molar-refractivity contribution >= 4 is 6.09 Å². The van der Waals surface area contributed by atoms with Crippen LogP contribution in [0.15, 0.2) is 0 Å². The average molecular weight is 225 g/mol. The quantitative estimate of drug-likeness (QED) is 0.637. The lowest BCUT2D eigenvalue weighted by atomic mass is 9.72. The summed E-state index contributed by atoms with van der Waals surface area (Å²) in [5, 5.41) is 0. The minimum atomic E-state index is -0.393. The lowest BCUT2D eigenvalue weighted by Gasteiger charge is -2.35. The van der Waals surface area contributed by atoms with E-state index in [2.05, 4.69) is 0 Å². The van der Waals surface area contributed by atoms with Crippen molar-refractivity contribution in [1.82, 2.24) is 4.90 Å². The van der Waals surface area contributed by atoms with Crippen LogP contribution in [0.2, 0.25) is 0 Å². The fraction of sp³-hybridized carbons (Fsp3) is 0.917. The van der Waals surface area contributed by atoms with Gasteiger partial charge in [-0.1, -0.05) is 0 Å². The fourth-order valence-electron chi connectivity index (χ4n) is 3.02. The molecule has 3 saturated heterocycles. The zero-order valence-corrected chi connectivity index (χ0v) is 10.1. The molecule has 4 aliphatic rings. The molecule has 16 heavy (non-hydrogen) atoms. The Labute approximate surface area is 95.9 Å². The molecule has 3 aliphatic heterocycles. The van der Waals surface area contributed by atoms with E-state index >= 15 is 0 Å². The number of fused-ring (bicyclic) bond motifs is 1. The Morgan fingerprint density at radius 3 is 2.69 bits per heavy atom. The van der Waals surface area contributed by atoms with Gasteiger partial charge in [0.25, 0.3) is 0 Å². The first kappa shape index (κ1) is 10.4. The number of hydrogen-bond donors (Lipinski definition) is 0. The summed E-state index contributed by atoms with van der Waals surface area (Å²) in [7, 11) is 0. The fourth-order valence-corrected chi connectivity index (χ4v) is 3.02. The highest BCUT2D eigenvalue weighted by atomic mass is 16.6. The molecule has 0 aromatic rings. The van der Waals surface area contributed by atoms with Gasteiger partial charge in [-0.3, -0.25) is 0 Å². The first-order valence-electron chi connectivity index (χ1n) is 6.07. The molecule has 0 N–H and O–H groups in total. The number of amides is 1. The van der Waals surface area contributed by atoms with Gasteiger partial charge in [0, 0.05) is 18.5 Å². The van der Waals surface area contributed by atoms with E-state index in [-0.39, 0.29) is 6.09 Å². The second-order valence-corrected chi connectivity index (χ2v) is 6.14. The maximum Gasteiger partial charge on any atom is 0.410 e. The number of ether oxygens (including phenoxy) is 2. The van der Waals surface area contributed by atoms with Gasteiger partial charge < -0.3 is 14.4 Å². The Bertz CT molecular complexity index is 319. The molecule has 1 aliphatic carbocycles. The maximum absolute atomic E-state index is 11.9. The SMILES string of the molecule is CC(C)(C)OC(=O)N1C[C@@H]2C[C@H]1C2[C@H]1CO1. The molecule has 90 valence electrons. The topological polar surface area (TPSA) is 42.1 Å². The third-order valence-electron chi connectivity index (χ3n) is 3.78. The van der Waals surface area contributed by atoms with Gasteiger partial charge in [0.05, 0.1) is 12.7 Å². The van der Waals surface area contributed by atoms with Crippen LogP contribution in [0.1, 0.15) is 27.2 Å². The standard InChI is InChI=1S/C12H19NO3/c1-12(2,3)16-11(14)13-5-7-4-8(13)10(7)9-6-15-9/h7-10H,4-6H2,1-3H3/t7-,8-,9+,10?/m0/s1. The summed E-state index contributed by atoms with van der Waals surface area (Å²) in [5.41, 5.74) is -0.393. The molecule has 4 rings (SSSR count). The number of epoxide rings is 1. The van der Waals surface area contributed by atoms with Gasteiger partial charge >= 0.3 is 6.09 Å². The van der Waals surface area contributed by atoms with Crippen LogP contribution >= 0.6 is 0 Å². The summed E-state index contributed by atoms with van der Waals surface area (Å²) < 4.78 is 10.8. The van der Waals surface area contributed by atoms with Crippen LogP contribution in [0.4, 0.5) is 4.79 Å². The first-order valence-corrected chi connectivity index (χ1v) is 6.07. The van der Waals surface area contributed by atoms with E-state index in [4.69, 9.17) is 9.47 Å². The zero-order valence-electron chi connectivity index (χ0n) is 10.1. The molecule has 4 fully saturated rings. The third kappa shape index (κ3) is 1.59. The smallest absolute Gasteiger partial charge is 0.410 e. The molecule has 3 heterocycles. The molecule has 1 saturated carbocycles. The Morgan fingerprint density at radius 2 is 2.12 bits per heavy atom. The van der Waals surface area contributed by atoms with Crippen LogP contribution in [0.3, 0.4) is 0 Å². The zero-order chi connectivity index (χ0) is 11.5. The van der Waals surface area contributed by atoms with E-state index in [1.807, 2.05) is 25.7 Å². The van der Waals surface area contributed by atoms with Gasteiger partial charge in [-0.25, -0.2) is 4.79 Å². The summed E-state index contributed by atoms with van der Waals surface area (Å²) in [6, 6.07) is 0.382. The number of carbonyl (C=O) groups excluding carboxylic acids is 1. The lowest BCUT2D eigenvalue weighted by Crippen LogP contribution is -2.45. The second kappa shape index (κ2) is 3.13. The minimum absolute atomic E-state index is 0.150. The predicted molar refractivity (Wildman–Crippen MR) is 58.1 cm³/mol. The van der Waals surface area contributed by atoms with E-state index in [1.54, 1.807) is 0 Å². The lowest BCUT2D eigenvalue weighted by molar-refractivity contribution is 0.0185. The molecular weight excluding hydrogens is 206 g/mol.